The van der Waals surface area contributed by atoms with Gasteiger partial charge in [0.05, 0.1) is 24.1 Å². The number of anilines is 1. The van der Waals surface area contributed by atoms with E-state index >= 15 is 0 Å². The monoisotopic (exact) mass is 430 g/mol. The maximum absolute atomic E-state index is 14.1. The Morgan fingerprint density at radius 3 is 2.69 bits per heavy atom. The topological polar surface area (TPSA) is 41.6 Å². The van der Waals surface area contributed by atoms with Gasteiger partial charge in [-0.1, -0.05) is 18.2 Å². The second-order valence-electron chi connectivity index (χ2n) is 7.06. The number of thiophene rings is 2. The number of halogens is 1. The largest absolute Gasteiger partial charge is 0.379 e. The minimum absolute atomic E-state index is 0.109. The number of aryl methyl sites for hydroxylation is 1. The normalized spacial score (nSPS) is 16.0. The van der Waals surface area contributed by atoms with Gasteiger partial charge in [-0.3, -0.25) is 9.69 Å². The zero-order valence-electron chi connectivity index (χ0n) is 16.4. The third kappa shape index (κ3) is 4.28. The summed E-state index contributed by atoms with van der Waals surface area (Å²) in [5, 5.41) is 5.84. The molecule has 3 aromatic rings. The van der Waals surface area contributed by atoms with Crippen molar-refractivity contribution in [2.75, 3.05) is 31.6 Å². The van der Waals surface area contributed by atoms with Crippen molar-refractivity contribution in [3.8, 4) is 0 Å². The molecule has 1 saturated heterocycles. The highest BCUT2D eigenvalue weighted by Crippen LogP contribution is 2.42. The molecule has 4 rings (SSSR count). The Bertz CT molecular complexity index is 994. The molecule has 1 aliphatic heterocycles. The molecular weight excluding hydrogens is 407 g/mol. The van der Waals surface area contributed by atoms with Gasteiger partial charge >= 0.3 is 0 Å². The lowest BCUT2D eigenvalue weighted by molar-refractivity contribution is 0.0240. The summed E-state index contributed by atoms with van der Waals surface area (Å²) < 4.78 is 19.6. The lowest BCUT2D eigenvalue weighted by Gasteiger charge is -2.35. The van der Waals surface area contributed by atoms with Crippen LogP contribution in [0.15, 0.2) is 41.8 Å². The van der Waals surface area contributed by atoms with Crippen LogP contribution in [0.4, 0.5) is 9.39 Å². The molecule has 1 aliphatic rings. The maximum Gasteiger partial charge on any atom is 0.266 e. The van der Waals surface area contributed by atoms with Crippen LogP contribution in [0.25, 0.3) is 0 Å². The first-order chi connectivity index (χ1) is 14.0. The smallest absolute Gasteiger partial charge is 0.266 e. The molecule has 1 fully saturated rings. The number of carbonyl (C=O) groups excluding carboxylic acids is 1. The minimum atomic E-state index is -0.255. The number of benzene rings is 1. The number of nitrogens with one attached hydrogen (secondary N) is 1. The van der Waals surface area contributed by atoms with E-state index in [1.165, 1.54) is 17.4 Å². The van der Waals surface area contributed by atoms with Gasteiger partial charge in [0, 0.05) is 23.5 Å². The summed E-state index contributed by atoms with van der Waals surface area (Å²) in [4.78, 5) is 16.9. The number of carbonyl (C=O) groups is 1. The number of amides is 1. The van der Waals surface area contributed by atoms with Gasteiger partial charge in [-0.2, -0.15) is 0 Å². The third-order valence-electron chi connectivity index (χ3n) is 5.25. The predicted molar refractivity (Wildman–Crippen MR) is 117 cm³/mol. The van der Waals surface area contributed by atoms with Gasteiger partial charge in [0.1, 0.15) is 10.8 Å². The molecule has 0 bridgehead atoms. The van der Waals surface area contributed by atoms with Crippen LogP contribution in [0.5, 0.6) is 0 Å². The van der Waals surface area contributed by atoms with Crippen molar-refractivity contribution >= 4 is 33.6 Å². The number of morpholine rings is 1. The van der Waals surface area contributed by atoms with E-state index in [2.05, 4.69) is 24.1 Å². The van der Waals surface area contributed by atoms with Crippen molar-refractivity contribution in [3.63, 3.8) is 0 Å². The minimum Gasteiger partial charge on any atom is -0.379 e. The average Bonchev–Trinajstić information content (AvgIpc) is 3.34. The fraction of sp³-hybridized carbons (Fsp3) is 0.318. The van der Waals surface area contributed by atoms with Crippen LogP contribution < -0.4 is 5.32 Å². The number of ether oxygens (including phenoxy) is 1. The van der Waals surface area contributed by atoms with Crippen molar-refractivity contribution < 1.29 is 13.9 Å². The van der Waals surface area contributed by atoms with E-state index in [4.69, 9.17) is 4.74 Å². The van der Waals surface area contributed by atoms with Crippen molar-refractivity contribution in [3.05, 3.63) is 74.0 Å². The van der Waals surface area contributed by atoms with E-state index in [1.807, 2.05) is 23.6 Å². The van der Waals surface area contributed by atoms with Gasteiger partial charge in [0.15, 0.2) is 0 Å². The van der Waals surface area contributed by atoms with Crippen LogP contribution in [0.2, 0.25) is 0 Å². The van der Waals surface area contributed by atoms with Gasteiger partial charge < -0.3 is 10.1 Å². The Balaban J connectivity index is 1.78. The summed E-state index contributed by atoms with van der Waals surface area (Å²) in [6.07, 6.45) is 0. The molecule has 3 heterocycles. The van der Waals surface area contributed by atoms with Gasteiger partial charge in [-0.25, -0.2) is 4.39 Å². The van der Waals surface area contributed by atoms with E-state index in [0.717, 1.165) is 39.7 Å². The summed E-state index contributed by atoms with van der Waals surface area (Å²) >= 11 is 3.00. The van der Waals surface area contributed by atoms with Crippen molar-refractivity contribution in [1.29, 1.82) is 0 Å². The van der Waals surface area contributed by atoms with Gasteiger partial charge in [0.25, 0.3) is 5.91 Å². The molecule has 0 aliphatic carbocycles. The van der Waals surface area contributed by atoms with Crippen molar-refractivity contribution in [2.45, 2.75) is 19.9 Å². The molecule has 1 amide bonds. The highest BCUT2D eigenvalue weighted by molar-refractivity contribution is 7.17. The molecule has 1 aromatic carbocycles. The Kier molecular flexibility index (Phi) is 6.10. The molecule has 2 aromatic heterocycles. The second kappa shape index (κ2) is 8.75. The molecule has 0 unspecified atom stereocenters. The van der Waals surface area contributed by atoms with Crippen molar-refractivity contribution in [2.24, 2.45) is 0 Å². The zero-order valence-corrected chi connectivity index (χ0v) is 18.0. The molecule has 7 heteroatoms. The van der Waals surface area contributed by atoms with Crippen LogP contribution in [0, 0.1) is 19.7 Å². The molecule has 0 spiro atoms. The molecule has 0 radical (unpaired) electrons. The third-order valence-corrected chi connectivity index (χ3v) is 7.26. The maximum atomic E-state index is 14.1. The quantitative estimate of drug-likeness (QED) is 0.602. The molecule has 1 N–H and O–H groups in total. The fourth-order valence-electron chi connectivity index (χ4n) is 3.71. The molecule has 29 heavy (non-hydrogen) atoms. The van der Waals surface area contributed by atoms with Gasteiger partial charge in [-0.15, -0.1) is 22.7 Å². The zero-order chi connectivity index (χ0) is 20.4. The van der Waals surface area contributed by atoms with Crippen LogP contribution >= 0.6 is 22.7 Å². The van der Waals surface area contributed by atoms with E-state index < -0.39 is 0 Å². The number of nitrogens with zero attached hydrogens (tertiary/aromatic N) is 1. The van der Waals surface area contributed by atoms with Crippen LogP contribution in [-0.4, -0.2) is 37.1 Å². The first-order valence-electron chi connectivity index (χ1n) is 9.56. The first kappa shape index (κ1) is 20.2. The van der Waals surface area contributed by atoms with Gasteiger partial charge in [0.2, 0.25) is 0 Å². The lowest BCUT2D eigenvalue weighted by atomic mass is 9.94. The summed E-state index contributed by atoms with van der Waals surface area (Å²) in [6.45, 7) is 6.94. The van der Waals surface area contributed by atoms with E-state index in [-0.39, 0.29) is 17.8 Å². The summed E-state index contributed by atoms with van der Waals surface area (Å²) in [7, 11) is 0. The standard InChI is InChI=1S/C22H23FN2O2S2/c1-14-15(2)29-22(24-21(26)18-7-4-12-28-18)19(14)20(25-8-10-27-11-9-25)16-5-3-6-17(23)13-16/h3-7,12-13,20H,8-11H2,1-2H3,(H,24,26)/t20-/m1/s1. The number of rotatable bonds is 5. The van der Waals surface area contributed by atoms with E-state index in [9.17, 15) is 9.18 Å². The Hall–Kier alpha value is -2.06. The first-order valence-corrected chi connectivity index (χ1v) is 11.3. The van der Waals surface area contributed by atoms with Crippen LogP contribution in [-0.2, 0) is 4.74 Å². The Labute approximate surface area is 177 Å². The second-order valence-corrected chi connectivity index (χ2v) is 9.24. The molecule has 0 saturated carbocycles. The highest BCUT2D eigenvalue weighted by atomic mass is 32.1. The van der Waals surface area contributed by atoms with E-state index in [0.29, 0.717) is 18.1 Å². The number of hydrogen-bond acceptors (Lipinski definition) is 5. The lowest BCUT2D eigenvalue weighted by Crippen LogP contribution is -2.40. The summed E-state index contributed by atoms with van der Waals surface area (Å²) in [5.41, 5.74) is 3.07. The average molecular weight is 431 g/mol. The predicted octanol–water partition coefficient (Wildman–Crippen LogP) is 5.24. The number of hydrogen-bond donors (Lipinski definition) is 1. The van der Waals surface area contributed by atoms with E-state index in [1.54, 1.807) is 23.5 Å². The van der Waals surface area contributed by atoms with Crippen molar-refractivity contribution in [1.82, 2.24) is 4.90 Å². The molecule has 152 valence electrons. The summed E-state index contributed by atoms with van der Waals surface area (Å²) in [6, 6.07) is 10.3. The molecule has 1 atom stereocenters. The van der Waals surface area contributed by atoms with Crippen LogP contribution in [0.1, 0.15) is 37.3 Å². The molecule has 4 nitrogen and oxygen atoms in total. The highest BCUT2D eigenvalue weighted by Gasteiger charge is 2.30. The van der Waals surface area contributed by atoms with Gasteiger partial charge in [-0.05, 0) is 48.6 Å². The van der Waals surface area contributed by atoms with Crippen LogP contribution in [0.3, 0.4) is 0 Å². The SMILES string of the molecule is Cc1sc(NC(=O)c2cccs2)c([C@@H](c2cccc(F)c2)N2CCOCC2)c1C. The molecular formula is C22H23FN2O2S2. The summed E-state index contributed by atoms with van der Waals surface area (Å²) in [5.74, 6) is -0.364. The fourth-order valence-corrected chi connectivity index (χ4v) is 5.42. The Morgan fingerprint density at radius 2 is 2.00 bits per heavy atom. The Morgan fingerprint density at radius 1 is 1.21 bits per heavy atom.